The van der Waals surface area contributed by atoms with Gasteiger partial charge in [-0.05, 0) is 39.7 Å². The number of benzene rings is 2. The molecular weight excluding hydrogens is 467 g/mol. The lowest BCUT2D eigenvalue weighted by molar-refractivity contribution is 0.353. The molecule has 3 aromatic rings. The third-order valence-corrected chi connectivity index (χ3v) is 6.37. The molecule has 0 aliphatic heterocycles. The molecule has 0 radical (unpaired) electrons. The van der Waals surface area contributed by atoms with Crippen molar-refractivity contribution in [1.82, 2.24) is 19.7 Å². The average molecular weight is 485 g/mol. The van der Waals surface area contributed by atoms with E-state index in [0.29, 0.717) is 28.2 Å². The SMILES string of the molecule is COc1cc(Br)c(S(=O)(=O)NCc2cn(Cc3ccc(F)cc3)nn2)cc1OC. The molecule has 2 aromatic carbocycles. The number of rotatable bonds is 8. The van der Waals surface area contributed by atoms with Crippen LogP contribution in [0.2, 0.25) is 0 Å². The quantitative estimate of drug-likeness (QED) is 0.528. The Labute approximate surface area is 175 Å². The zero-order chi connectivity index (χ0) is 21.0. The average Bonchev–Trinajstić information content (AvgIpc) is 3.15. The molecule has 0 saturated heterocycles. The first-order valence-electron chi connectivity index (χ1n) is 8.37. The predicted molar refractivity (Wildman–Crippen MR) is 107 cm³/mol. The molecule has 0 spiro atoms. The summed E-state index contributed by atoms with van der Waals surface area (Å²) >= 11 is 3.25. The van der Waals surface area contributed by atoms with Gasteiger partial charge in [0.25, 0.3) is 0 Å². The molecule has 8 nitrogen and oxygen atoms in total. The fraction of sp³-hybridized carbons (Fsp3) is 0.222. The minimum absolute atomic E-state index is 0.00820. The van der Waals surface area contributed by atoms with Crippen molar-refractivity contribution >= 4 is 26.0 Å². The van der Waals surface area contributed by atoms with Gasteiger partial charge < -0.3 is 9.47 Å². The van der Waals surface area contributed by atoms with Crippen molar-refractivity contribution < 1.29 is 22.3 Å². The van der Waals surface area contributed by atoms with Gasteiger partial charge in [0.15, 0.2) is 11.5 Å². The molecule has 154 valence electrons. The van der Waals surface area contributed by atoms with Crippen molar-refractivity contribution in [3.05, 3.63) is 64.1 Å². The van der Waals surface area contributed by atoms with Crippen LogP contribution in [0.3, 0.4) is 0 Å². The number of nitrogens with one attached hydrogen (secondary N) is 1. The highest BCUT2D eigenvalue weighted by atomic mass is 79.9. The molecule has 1 heterocycles. The Kier molecular flexibility index (Phi) is 6.50. The van der Waals surface area contributed by atoms with E-state index in [9.17, 15) is 12.8 Å². The second-order valence-corrected chi connectivity index (χ2v) is 8.59. The van der Waals surface area contributed by atoms with E-state index in [1.807, 2.05) is 0 Å². The third kappa shape index (κ3) is 5.11. The largest absolute Gasteiger partial charge is 0.493 e. The summed E-state index contributed by atoms with van der Waals surface area (Å²) in [5.74, 6) is 0.382. The number of sulfonamides is 1. The maximum absolute atomic E-state index is 13.0. The highest BCUT2D eigenvalue weighted by Crippen LogP contribution is 2.35. The van der Waals surface area contributed by atoms with Gasteiger partial charge in [-0.25, -0.2) is 22.2 Å². The maximum atomic E-state index is 13.0. The van der Waals surface area contributed by atoms with Crippen molar-refractivity contribution in [2.75, 3.05) is 14.2 Å². The van der Waals surface area contributed by atoms with Crippen molar-refractivity contribution in [2.24, 2.45) is 0 Å². The molecule has 3 rings (SSSR count). The normalized spacial score (nSPS) is 11.4. The highest BCUT2D eigenvalue weighted by Gasteiger charge is 2.21. The molecule has 1 aromatic heterocycles. The Balaban J connectivity index is 1.71. The van der Waals surface area contributed by atoms with Crippen LogP contribution in [-0.4, -0.2) is 37.6 Å². The van der Waals surface area contributed by atoms with E-state index in [1.54, 1.807) is 23.0 Å². The second-order valence-electron chi connectivity index (χ2n) is 6.00. The summed E-state index contributed by atoms with van der Waals surface area (Å²) in [4.78, 5) is 0.00820. The lowest BCUT2D eigenvalue weighted by atomic mass is 10.2. The van der Waals surface area contributed by atoms with Crippen LogP contribution in [0.15, 0.2) is 52.0 Å². The third-order valence-electron chi connectivity index (χ3n) is 4.01. The zero-order valence-electron chi connectivity index (χ0n) is 15.6. The Morgan fingerprint density at radius 2 is 1.79 bits per heavy atom. The molecule has 0 aliphatic carbocycles. The smallest absolute Gasteiger partial charge is 0.242 e. The van der Waals surface area contributed by atoms with Crippen molar-refractivity contribution in [3.63, 3.8) is 0 Å². The molecule has 0 atom stereocenters. The van der Waals surface area contributed by atoms with Crippen LogP contribution in [0.25, 0.3) is 0 Å². The van der Waals surface area contributed by atoms with E-state index in [0.717, 1.165) is 5.56 Å². The zero-order valence-corrected chi connectivity index (χ0v) is 18.0. The summed E-state index contributed by atoms with van der Waals surface area (Å²) in [6.07, 6.45) is 1.62. The van der Waals surface area contributed by atoms with E-state index in [2.05, 4.69) is 31.0 Å². The molecule has 0 saturated carbocycles. The van der Waals surface area contributed by atoms with Gasteiger partial charge in [0.05, 0.1) is 39.2 Å². The standard InChI is InChI=1S/C18H18BrFN4O4S/c1-27-16-7-15(19)18(8-17(16)28-2)29(25,26)21-9-14-11-24(23-22-14)10-12-3-5-13(20)6-4-12/h3-8,11,21H,9-10H2,1-2H3. The van der Waals surface area contributed by atoms with Crippen LogP contribution in [0.4, 0.5) is 4.39 Å². The first kappa shape index (κ1) is 21.2. The minimum atomic E-state index is -3.85. The highest BCUT2D eigenvalue weighted by molar-refractivity contribution is 9.10. The predicted octanol–water partition coefficient (Wildman–Crippen LogP) is 2.72. The van der Waals surface area contributed by atoms with Gasteiger partial charge in [-0.1, -0.05) is 17.3 Å². The fourth-order valence-electron chi connectivity index (χ4n) is 2.56. The first-order valence-corrected chi connectivity index (χ1v) is 10.6. The summed E-state index contributed by atoms with van der Waals surface area (Å²) < 4.78 is 53.1. The van der Waals surface area contributed by atoms with Gasteiger partial charge in [-0.15, -0.1) is 5.10 Å². The monoisotopic (exact) mass is 484 g/mol. The van der Waals surface area contributed by atoms with E-state index in [-0.39, 0.29) is 17.3 Å². The number of ether oxygens (including phenoxy) is 2. The molecule has 1 N–H and O–H groups in total. The summed E-state index contributed by atoms with van der Waals surface area (Å²) in [6.45, 7) is 0.341. The van der Waals surface area contributed by atoms with E-state index >= 15 is 0 Å². The van der Waals surface area contributed by atoms with Crippen LogP contribution in [0.5, 0.6) is 11.5 Å². The Morgan fingerprint density at radius 3 is 2.45 bits per heavy atom. The molecule has 0 amide bonds. The lowest BCUT2D eigenvalue weighted by Crippen LogP contribution is -2.24. The van der Waals surface area contributed by atoms with Crippen LogP contribution in [-0.2, 0) is 23.1 Å². The first-order chi connectivity index (χ1) is 13.8. The number of hydrogen-bond donors (Lipinski definition) is 1. The van der Waals surface area contributed by atoms with Gasteiger partial charge in [-0.3, -0.25) is 0 Å². The number of nitrogens with zero attached hydrogens (tertiary/aromatic N) is 3. The maximum Gasteiger partial charge on any atom is 0.242 e. The lowest BCUT2D eigenvalue weighted by Gasteiger charge is -2.12. The molecule has 0 unspecified atom stereocenters. The second kappa shape index (κ2) is 8.89. The van der Waals surface area contributed by atoms with Crippen LogP contribution < -0.4 is 14.2 Å². The number of aromatic nitrogens is 3. The van der Waals surface area contributed by atoms with E-state index < -0.39 is 10.0 Å². The number of halogens is 2. The molecule has 0 fully saturated rings. The number of methoxy groups -OCH3 is 2. The molecule has 29 heavy (non-hydrogen) atoms. The fourth-order valence-corrected chi connectivity index (χ4v) is 4.59. The molecule has 0 aliphatic rings. The van der Waals surface area contributed by atoms with Crippen molar-refractivity contribution in [1.29, 1.82) is 0 Å². The van der Waals surface area contributed by atoms with Gasteiger partial charge in [-0.2, -0.15) is 0 Å². The summed E-state index contributed by atoms with van der Waals surface area (Å²) in [5, 5.41) is 7.93. The van der Waals surface area contributed by atoms with E-state index in [4.69, 9.17) is 9.47 Å². The van der Waals surface area contributed by atoms with Gasteiger partial charge >= 0.3 is 0 Å². The van der Waals surface area contributed by atoms with Crippen LogP contribution >= 0.6 is 15.9 Å². The molecular formula is C18H18BrFN4O4S. The molecule has 11 heteroatoms. The van der Waals surface area contributed by atoms with Crippen molar-refractivity contribution in [2.45, 2.75) is 18.0 Å². The topological polar surface area (TPSA) is 95.3 Å². The summed E-state index contributed by atoms with van der Waals surface area (Å²) in [7, 11) is -0.962. The van der Waals surface area contributed by atoms with Crippen LogP contribution in [0.1, 0.15) is 11.3 Å². The van der Waals surface area contributed by atoms with E-state index in [1.165, 1.54) is 38.5 Å². The van der Waals surface area contributed by atoms with Gasteiger partial charge in [0.2, 0.25) is 10.0 Å². The van der Waals surface area contributed by atoms with Crippen molar-refractivity contribution in [3.8, 4) is 11.5 Å². The number of hydrogen-bond acceptors (Lipinski definition) is 6. The van der Waals surface area contributed by atoms with Crippen LogP contribution in [0, 0.1) is 5.82 Å². The molecule has 0 bridgehead atoms. The Morgan fingerprint density at radius 1 is 1.14 bits per heavy atom. The summed E-state index contributed by atoms with van der Waals surface area (Å²) in [6, 6.07) is 8.91. The van der Waals surface area contributed by atoms with Gasteiger partial charge in [0.1, 0.15) is 10.7 Å². The summed E-state index contributed by atoms with van der Waals surface area (Å²) in [5.41, 5.74) is 1.28. The minimum Gasteiger partial charge on any atom is -0.493 e. The Bertz CT molecular complexity index is 1100. The Hall–Kier alpha value is -2.50. The van der Waals surface area contributed by atoms with Gasteiger partial charge in [0, 0.05) is 10.5 Å².